The van der Waals surface area contributed by atoms with Gasteiger partial charge < -0.3 is 4.90 Å². The number of carbonyl (C=O) groups is 1. The molecule has 0 saturated heterocycles. The van der Waals surface area contributed by atoms with Crippen LogP contribution in [-0.4, -0.2) is 52.7 Å². The Kier molecular flexibility index (Phi) is 5.74. The van der Waals surface area contributed by atoms with Crippen molar-refractivity contribution in [3.05, 3.63) is 81.0 Å². The fourth-order valence-corrected chi connectivity index (χ4v) is 4.91. The molecule has 0 atom stereocenters. The molecule has 0 saturated carbocycles. The Bertz CT molecular complexity index is 1060. The summed E-state index contributed by atoms with van der Waals surface area (Å²) in [4.78, 5) is 24.8. The lowest BCUT2D eigenvalue weighted by Gasteiger charge is -2.45. The minimum absolute atomic E-state index is 0.0673. The smallest absolute Gasteiger partial charge is 0.259 e. The van der Waals surface area contributed by atoms with Gasteiger partial charge in [-0.3, -0.25) is 19.6 Å². The van der Waals surface area contributed by atoms with E-state index in [2.05, 4.69) is 15.9 Å². The zero-order valence-corrected chi connectivity index (χ0v) is 18.7. The number of hydrogen-bond acceptors (Lipinski definition) is 4. The minimum atomic E-state index is 0.0673. The van der Waals surface area contributed by atoms with Crippen LogP contribution in [0.3, 0.4) is 0 Å². The maximum Gasteiger partial charge on any atom is 0.259 e. The molecule has 3 heterocycles. The van der Waals surface area contributed by atoms with Gasteiger partial charge in [-0.2, -0.15) is 0 Å². The first-order valence-corrected chi connectivity index (χ1v) is 11.4. The molecule has 0 N–H and O–H groups in total. The van der Waals surface area contributed by atoms with Gasteiger partial charge in [-0.15, -0.1) is 0 Å². The van der Waals surface area contributed by atoms with Crippen molar-refractivity contribution in [2.75, 3.05) is 26.2 Å². The number of guanidine groups is 1. The van der Waals surface area contributed by atoms with Crippen LogP contribution < -0.4 is 0 Å². The molecule has 3 aliphatic heterocycles. The summed E-state index contributed by atoms with van der Waals surface area (Å²) in [6.45, 7) is 4.51. The van der Waals surface area contributed by atoms with Crippen LogP contribution in [0.15, 0.2) is 64.8 Å². The number of fused-ring (bicyclic) bond motifs is 2. The van der Waals surface area contributed by atoms with E-state index in [1.165, 1.54) is 0 Å². The molecule has 0 radical (unpaired) electrons. The van der Waals surface area contributed by atoms with Crippen molar-refractivity contribution < 1.29 is 4.79 Å². The molecular weight excluding hydrogens is 431 g/mol. The zero-order valence-electron chi connectivity index (χ0n) is 17.2. The van der Waals surface area contributed by atoms with Gasteiger partial charge in [-0.05, 0) is 41.8 Å². The van der Waals surface area contributed by atoms with E-state index in [-0.39, 0.29) is 5.91 Å². The van der Waals surface area contributed by atoms with Gasteiger partial charge in [-0.1, -0.05) is 47.5 Å². The summed E-state index contributed by atoms with van der Waals surface area (Å²) < 4.78 is 0. The van der Waals surface area contributed by atoms with Crippen molar-refractivity contribution in [1.82, 2.24) is 14.7 Å². The molecule has 3 aliphatic rings. The Balaban J connectivity index is 1.42. The van der Waals surface area contributed by atoms with E-state index in [4.69, 9.17) is 28.2 Å². The molecule has 2 aromatic rings. The van der Waals surface area contributed by atoms with Gasteiger partial charge in [0.25, 0.3) is 5.91 Å². The van der Waals surface area contributed by atoms with E-state index in [1.54, 1.807) is 0 Å². The first kappa shape index (κ1) is 20.6. The number of carbonyl (C=O) groups excluding carboxylic acids is 1. The molecule has 0 unspecified atom stereocenters. The molecule has 160 valence electrons. The van der Waals surface area contributed by atoms with E-state index in [1.807, 2.05) is 47.4 Å². The quantitative estimate of drug-likeness (QED) is 0.679. The third kappa shape index (κ3) is 4.22. The molecule has 0 fully saturated rings. The van der Waals surface area contributed by atoms with Crippen LogP contribution in [0.5, 0.6) is 0 Å². The number of nitrogens with zero attached hydrogens (tertiary/aromatic N) is 4. The first-order valence-electron chi connectivity index (χ1n) is 10.7. The van der Waals surface area contributed by atoms with Crippen LogP contribution in [0.2, 0.25) is 10.0 Å². The van der Waals surface area contributed by atoms with Crippen LogP contribution in [0.1, 0.15) is 24.0 Å². The van der Waals surface area contributed by atoms with Gasteiger partial charge in [0.1, 0.15) is 0 Å². The molecule has 5 nitrogen and oxygen atoms in total. The average molecular weight is 455 g/mol. The second-order valence-electron chi connectivity index (χ2n) is 8.22. The lowest BCUT2D eigenvalue weighted by Crippen LogP contribution is -2.56. The fourth-order valence-electron chi connectivity index (χ4n) is 4.57. The number of aliphatic imine (C=N–C) groups is 1. The third-order valence-corrected chi connectivity index (χ3v) is 6.54. The number of rotatable bonds is 4. The summed E-state index contributed by atoms with van der Waals surface area (Å²) in [5.41, 5.74) is 4.25. The average Bonchev–Trinajstić information content (AvgIpc) is 2.78. The number of halogens is 2. The molecule has 0 bridgehead atoms. The Morgan fingerprint density at radius 1 is 0.935 bits per heavy atom. The largest absolute Gasteiger partial charge is 0.315 e. The maximum atomic E-state index is 13.6. The van der Waals surface area contributed by atoms with Crippen LogP contribution >= 0.6 is 23.2 Å². The second-order valence-corrected chi connectivity index (χ2v) is 9.09. The molecule has 5 rings (SSSR count). The Hall–Kier alpha value is -2.34. The Morgan fingerprint density at radius 2 is 1.77 bits per heavy atom. The van der Waals surface area contributed by atoms with E-state index in [0.717, 1.165) is 72.4 Å². The third-order valence-electron chi connectivity index (χ3n) is 6.05. The summed E-state index contributed by atoms with van der Waals surface area (Å²) in [5.74, 6) is 0.867. The summed E-state index contributed by atoms with van der Waals surface area (Å²) >= 11 is 12.2. The van der Waals surface area contributed by atoms with E-state index >= 15 is 0 Å². The summed E-state index contributed by atoms with van der Waals surface area (Å²) in [6, 6.07) is 15.6. The molecular formula is C24H24Cl2N4O. The Morgan fingerprint density at radius 3 is 2.58 bits per heavy atom. The maximum absolute atomic E-state index is 13.6. The van der Waals surface area contributed by atoms with Crippen molar-refractivity contribution >= 4 is 35.1 Å². The predicted octanol–water partition coefficient (Wildman–Crippen LogP) is 4.56. The van der Waals surface area contributed by atoms with Crippen LogP contribution in [-0.2, 0) is 17.9 Å². The van der Waals surface area contributed by atoms with Gasteiger partial charge in [0.2, 0.25) is 5.96 Å². The van der Waals surface area contributed by atoms with E-state index in [9.17, 15) is 4.79 Å². The van der Waals surface area contributed by atoms with E-state index in [0.29, 0.717) is 18.1 Å². The topological polar surface area (TPSA) is 39.2 Å². The number of amides is 1. The van der Waals surface area contributed by atoms with Crippen LogP contribution in [0, 0.1) is 0 Å². The van der Waals surface area contributed by atoms with Crippen molar-refractivity contribution in [2.45, 2.75) is 25.9 Å². The highest BCUT2D eigenvalue weighted by molar-refractivity contribution is 6.30. The van der Waals surface area contributed by atoms with Crippen LogP contribution in [0.25, 0.3) is 0 Å². The van der Waals surface area contributed by atoms with Gasteiger partial charge in [0.15, 0.2) is 0 Å². The molecule has 0 spiro atoms. The van der Waals surface area contributed by atoms with Gasteiger partial charge >= 0.3 is 0 Å². The summed E-state index contributed by atoms with van der Waals surface area (Å²) in [7, 11) is 0. The summed E-state index contributed by atoms with van der Waals surface area (Å²) in [5, 5.41) is 1.44. The van der Waals surface area contributed by atoms with Crippen molar-refractivity contribution in [1.29, 1.82) is 0 Å². The molecule has 7 heteroatoms. The monoisotopic (exact) mass is 454 g/mol. The van der Waals surface area contributed by atoms with Crippen molar-refractivity contribution in [3.8, 4) is 0 Å². The van der Waals surface area contributed by atoms with Gasteiger partial charge in [0, 0.05) is 54.9 Å². The number of benzene rings is 2. The first-order chi connectivity index (χ1) is 15.1. The molecule has 2 aromatic carbocycles. The molecule has 0 aliphatic carbocycles. The fraction of sp³-hybridized carbons (Fsp3) is 0.333. The normalized spacial score (nSPS) is 19.3. The summed E-state index contributed by atoms with van der Waals surface area (Å²) in [6.07, 6.45) is 1.87. The van der Waals surface area contributed by atoms with Gasteiger partial charge in [0.05, 0.1) is 12.1 Å². The number of hydrogen-bond donors (Lipinski definition) is 0. The SMILES string of the molecule is O=C1C2=C(CCN(Cc3cccc(Cl)c3)C2)N2CCCN=C2N1Cc1ccc(Cl)cc1. The lowest BCUT2D eigenvalue weighted by molar-refractivity contribution is -0.125. The molecule has 1 amide bonds. The lowest BCUT2D eigenvalue weighted by atomic mass is 9.99. The minimum Gasteiger partial charge on any atom is -0.315 e. The highest BCUT2D eigenvalue weighted by atomic mass is 35.5. The van der Waals surface area contributed by atoms with Gasteiger partial charge in [-0.25, -0.2) is 0 Å². The predicted molar refractivity (Wildman–Crippen MR) is 124 cm³/mol. The molecule has 0 aromatic heterocycles. The zero-order chi connectivity index (χ0) is 21.4. The highest BCUT2D eigenvalue weighted by Gasteiger charge is 2.40. The Labute approximate surface area is 192 Å². The molecule has 31 heavy (non-hydrogen) atoms. The van der Waals surface area contributed by atoms with Crippen LogP contribution in [0.4, 0.5) is 0 Å². The van der Waals surface area contributed by atoms with Crippen molar-refractivity contribution in [2.24, 2.45) is 4.99 Å². The van der Waals surface area contributed by atoms with E-state index < -0.39 is 0 Å². The second kappa shape index (κ2) is 8.65. The van der Waals surface area contributed by atoms with Crippen molar-refractivity contribution in [3.63, 3.8) is 0 Å². The standard InChI is InChI=1S/C24H24Cl2N4O/c25-19-7-5-17(6-8-19)15-30-23(31)21-16-28(14-18-3-1-4-20(26)13-18)12-9-22(21)29-11-2-10-27-24(29)30/h1,3-8,13H,2,9-12,14-16H2. The highest BCUT2D eigenvalue weighted by Crippen LogP contribution is 2.32.